The van der Waals surface area contributed by atoms with Gasteiger partial charge in [0, 0.05) is 10.8 Å². The molecule has 4 aromatic rings. The first-order valence-electron chi connectivity index (χ1n) is 9.84. The first-order valence-corrected chi connectivity index (χ1v) is 11.3. The van der Waals surface area contributed by atoms with Crippen LogP contribution in [-0.2, 0) is 27.2 Å². The van der Waals surface area contributed by atoms with E-state index in [0.717, 1.165) is 34.7 Å². The van der Waals surface area contributed by atoms with E-state index in [-0.39, 0.29) is 16.0 Å². The molecule has 1 aliphatic carbocycles. The molecule has 1 heterocycles. The normalized spacial score (nSPS) is 15.3. The van der Waals surface area contributed by atoms with Gasteiger partial charge in [-0.3, -0.25) is 9.59 Å². The van der Waals surface area contributed by atoms with Crippen molar-refractivity contribution in [1.29, 1.82) is 0 Å². The van der Waals surface area contributed by atoms with Crippen molar-refractivity contribution < 1.29 is 22.3 Å². The number of carbonyl (C=O) groups excluding carboxylic acids is 2. The van der Waals surface area contributed by atoms with E-state index < -0.39 is 21.9 Å². The zero-order valence-corrected chi connectivity index (χ0v) is 17.0. The predicted molar refractivity (Wildman–Crippen MR) is 114 cm³/mol. The summed E-state index contributed by atoms with van der Waals surface area (Å²) in [6.45, 7) is 0. The van der Waals surface area contributed by atoms with Crippen LogP contribution in [0.4, 0.5) is 0 Å². The maximum atomic E-state index is 13.2. The van der Waals surface area contributed by atoms with E-state index in [4.69, 9.17) is 4.28 Å². The average Bonchev–Trinajstić information content (AvgIpc) is 3.20. The number of hydrogen-bond acceptors (Lipinski definition) is 5. The van der Waals surface area contributed by atoms with Gasteiger partial charge in [-0.05, 0) is 52.9 Å². The Balaban J connectivity index is 1.47. The molecular weight excluding hydrogens is 414 g/mol. The number of rotatable bonds is 3. The van der Waals surface area contributed by atoms with Gasteiger partial charge in [-0.15, -0.1) is 9.35 Å². The second-order valence-electron chi connectivity index (χ2n) is 7.71. The summed E-state index contributed by atoms with van der Waals surface area (Å²) in [7, 11) is -4.45. The van der Waals surface area contributed by atoms with Crippen molar-refractivity contribution in [2.45, 2.75) is 17.7 Å². The predicted octanol–water partition coefficient (Wildman–Crippen LogP) is 4.01. The fourth-order valence-corrected chi connectivity index (χ4v) is 5.74. The highest BCUT2D eigenvalue weighted by Crippen LogP contribution is 2.36. The number of benzene rings is 4. The summed E-state index contributed by atoms with van der Waals surface area (Å²) in [5, 5.41) is 3.02. The molecule has 0 N–H and O–H groups in total. The average molecular weight is 429 g/mol. The Morgan fingerprint density at radius 2 is 1.32 bits per heavy atom. The Hall–Kier alpha value is -3.55. The Morgan fingerprint density at radius 3 is 2.00 bits per heavy atom. The van der Waals surface area contributed by atoms with Crippen molar-refractivity contribution in [3.8, 4) is 0 Å². The topological polar surface area (TPSA) is 80.8 Å². The van der Waals surface area contributed by atoms with Gasteiger partial charge in [-0.2, -0.15) is 8.42 Å². The molecule has 31 heavy (non-hydrogen) atoms. The van der Waals surface area contributed by atoms with E-state index in [0.29, 0.717) is 15.8 Å². The standard InChI is InChI=1S/C24H15NO5S/c26-23-18-8-2-4-14-5-3-9-19(22(14)18)24(27)25(23)30-31(28,29)20-13-12-16-11-10-15-6-1-7-17(20)21(15)16/h1-9,12-13H,10-11H2. The maximum absolute atomic E-state index is 13.2. The third-order valence-corrected chi connectivity index (χ3v) is 7.25. The Morgan fingerprint density at radius 1 is 0.710 bits per heavy atom. The lowest BCUT2D eigenvalue weighted by Crippen LogP contribution is -2.41. The van der Waals surface area contributed by atoms with E-state index in [1.807, 2.05) is 6.07 Å². The molecule has 0 aromatic heterocycles. The quantitative estimate of drug-likeness (QED) is 0.460. The molecule has 2 amide bonds. The molecule has 0 saturated heterocycles. The van der Waals surface area contributed by atoms with Gasteiger partial charge in [-0.1, -0.05) is 48.5 Å². The molecular formula is C24H15NO5S. The lowest BCUT2D eigenvalue weighted by molar-refractivity contribution is -0.0154. The lowest BCUT2D eigenvalue weighted by Gasteiger charge is -2.25. The van der Waals surface area contributed by atoms with E-state index in [1.165, 1.54) is 6.07 Å². The molecule has 4 aromatic carbocycles. The highest BCUT2D eigenvalue weighted by atomic mass is 32.2. The fourth-order valence-electron chi connectivity index (χ4n) is 4.65. The van der Waals surface area contributed by atoms with Crippen LogP contribution in [0.15, 0.2) is 71.6 Å². The van der Waals surface area contributed by atoms with E-state index in [9.17, 15) is 18.0 Å². The van der Waals surface area contributed by atoms with Crippen LogP contribution in [0.3, 0.4) is 0 Å². The van der Waals surface area contributed by atoms with Crippen LogP contribution in [0.1, 0.15) is 31.8 Å². The van der Waals surface area contributed by atoms with Crippen LogP contribution in [0, 0.1) is 0 Å². The largest absolute Gasteiger partial charge is 0.318 e. The summed E-state index contributed by atoms with van der Waals surface area (Å²) in [4.78, 5) is 26.0. The zero-order valence-electron chi connectivity index (χ0n) is 16.2. The number of hydroxylamine groups is 2. The van der Waals surface area contributed by atoms with Crippen molar-refractivity contribution in [2.24, 2.45) is 0 Å². The monoisotopic (exact) mass is 429 g/mol. The molecule has 1 aliphatic heterocycles. The number of hydrogen-bond donors (Lipinski definition) is 0. The van der Waals surface area contributed by atoms with Gasteiger partial charge in [0.25, 0.3) is 11.8 Å². The van der Waals surface area contributed by atoms with Crippen LogP contribution < -0.4 is 0 Å². The first kappa shape index (κ1) is 18.2. The van der Waals surface area contributed by atoms with Crippen LogP contribution >= 0.6 is 0 Å². The van der Waals surface area contributed by atoms with Crippen LogP contribution in [0.2, 0.25) is 0 Å². The van der Waals surface area contributed by atoms with Gasteiger partial charge in [-0.25, -0.2) is 0 Å². The van der Waals surface area contributed by atoms with Crippen molar-refractivity contribution >= 4 is 43.5 Å². The second kappa shape index (κ2) is 6.23. The Labute approximate surface area is 177 Å². The number of amides is 2. The van der Waals surface area contributed by atoms with Gasteiger partial charge in [0.15, 0.2) is 0 Å². The van der Waals surface area contributed by atoms with Crippen LogP contribution in [0.5, 0.6) is 0 Å². The smallest absolute Gasteiger partial charge is 0.266 e. The number of nitrogens with zero attached hydrogens (tertiary/aromatic N) is 1. The molecule has 2 aliphatic rings. The van der Waals surface area contributed by atoms with E-state index >= 15 is 0 Å². The van der Waals surface area contributed by atoms with Crippen molar-refractivity contribution in [1.82, 2.24) is 5.06 Å². The minimum absolute atomic E-state index is 0.0623. The molecule has 0 atom stereocenters. The molecule has 152 valence electrons. The number of carbonyl (C=O) groups is 2. The molecule has 7 heteroatoms. The van der Waals surface area contributed by atoms with E-state index in [1.54, 1.807) is 54.6 Å². The zero-order chi connectivity index (χ0) is 21.3. The summed E-state index contributed by atoms with van der Waals surface area (Å²) in [6.07, 6.45) is 1.70. The molecule has 0 spiro atoms. The first-order chi connectivity index (χ1) is 15.0. The summed E-state index contributed by atoms with van der Waals surface area (Å²) in [6, 6.07) is 18.8. The third-order valence-electron chi connectivity index (χ3n) is 6.01. The van der Waals surface area contributed by atoms with Crippen LogP contribution in [0.25, 0.3) is 21.5 Å². The second-order valence-corrected chi connectivity index (χ2v) is 9.20. The minimum Gasteiger partial charge on any atom is -0.266 e. The van der Waals surface area contributed by atoms with E-state index in [2.05, 4.69) is 0 Å². The summed E-state index contributed by atoms with van der Waals surface area (Å²) >= 11 is 0. The molecule has 0 radical (unpaired) electrons. The lowest BCUT2D eigenvalue weighted by atomic mass is 9.95. The fraction of sp³-hybridized carbons (Fsp3) is 0.0833. The van der Waals surface area contributed by atoms with Gasteiger partial charge in [0.05, 0.1) is 11.1 Å². The molecule has 0 bridgehead atoms. The molecule has 0 fully saturated rings. The van der Waals surface area contributed by atoms with Gasteiger partial charge >= 0.3 is 10.1 Å². The Kier molecular flexibility index (Phi) is 3.66. The summed E-state index contributed by atoms with van der Waals surface area (Å²) < 4.78 is 31.7. The number of aryl methyl sites for hydroxylation is 2. The molecule has 6 nitrogen and oxygen atoms in total. The minimum atomic E-state index is -4.45. The van der Waals surface area contributed by atoms with Gasteiger partial charge < -0.3 is 0 Å². The van der Waals surface area contributed by atoms with Crippen molar-refractivity contribution in [3.63, 3.8) is 0 Å². The summed E-state index contributed by atoms with van der Waals surface area (Å²) in [5.41, 5.74) is 2.61. The Bertz CT molecular complexity index is 1510. The van der Waals surface area contributed by atoms with Gasteiger partial charge in [0.1, 0.15) is 4.90 Å². The van der Waals surface area contributed by atoms with Crippen molar-refractivity contribution in [3.05, 3.63) is 89.0 Å². The highest BCUT2D eigenvalue weighted by Gasteiger charge is 2.38. The molecule has 0 saturated carbocycles. The van der Waals surface area contributed by atoms with Gasteiger partial charge in [0.2, 0.25) is 0 Å². The summed E-state index contributed by atoms with van der Waals surface area (Å²) in [5.74, 6) is -1.60. The number of imide groups is 1. The maximum Gasteiger partial charge on any atom is 0.318 e. The van der Waals surface area contributed by atoms with Crippen LogP contribution in [-0.4, -0.2) is 25.3 Å². The highest BCUT2D eigenvalue weighted by molar-refractivity contribution is 7.87. The van der Waals surface area contributed by atoms with Crippen molar-refractivity contribution in [2.75, 3.05) is 0 Å². The molecule has 0 unspecified atom stereocenters. The SMILES string of the molecule is O=C1c2cccc3cccc(c23)C(=O)N1OS(=O)(=O)c1ccc2c3c(cccc13)CC2. The molecule has 6 rings (SSSR count). The third kappa shape index (κ3) is 2.50.